The van der Waals surface area contributed by atoms with Gasteiger partial charge in [-0.25, -0.2) is 0 Å². The molecule has 0 atom stereocenters. The molecule has 0 aliphatic carbocycles. The van der Waals surface area contributed by atoms with E-state index in [4.69, 9.17) is 32.7 Å². The number of ether oxygens (including phenoxy) is 2. The molecule has 5 nitrogen and oxygen atoms in total. The first kappa shape index (κ1) is 16.7. The van der Waals surface area contributed by atoms with Crippen LogP contribution < -0.4 is 19.7 Å². The molecule has 1 heterocycles. The maximum atomic E-state index is 6.24. The summed E-state index contributed by atoms with van der Waals surface area (Å²) in [7, 11) is 3.25. The summed E-state index contributed by atoms with van der Waals surface area (Å²) >= 11 is 12.5. The van der Waals surface area contributed by atoms with Crippen molar-refractivity contribution in [1.82, 2.24) is 0 Å². The smallest absolute Gasteiger partial charge is 0.203 e. The molecule has 0 saturated carbocycles. The van der Waals surface area contributed by atoms with Gasteiger partial charge in [-0.2, -0.15) is 0 Å². The van der Waals surface area contributed by atoms with Crippen LogP contribution in [0.5, 0.6) is 11.5 Å². The Labute approximate surface area is 150 Å². The van der Waals surface area contributed by atoms with Crippen LogP contribution >= 0.6 is 23.2 Å². The van der Waals surface area contributed by atoms with Gasteiger partial charge in [0.1, 0.15) is 11.5 Å². The number of hydrogen-bond donors (Lipinski definition) is 1. The highest BCUT2D eigenvalue weighted by atomic mass is 35.5. The summed E-state index contributed by atoms with van der Waals surface area (Å²) in [4.78, 5) is 6.55. The Bertz CT molecular complexity index is 738. The number of para-hydroxylation sites is 1. The average Bonchev–Trinajstić information content (AvgIpc) is 3.06. The predicted octanol–water partition coefficient (Wildman–Crippen LogP) is 4.30. The monoisotopic (exact) mass is 365 g/mol. The van der Waals surface area contributed by atoms with Crippen molar-refractivity contribution in [3.05, 3.63) is 46.4 Å². The van der Waals surface area contributed by atoms with Crippen molar-refractivity contribution in [1.29, 1.82) is 0 Å². The molecule has 2 aromatic rings. The molecule has 1 aliphatic rings. The molecular weight excluding hydrogens is 349 g/mol. The van der Waals surface area contributed by atoms with Crippen LogP contribution in [0.25, 0.3) is 0 Å². The average molecular weight is 366 g/mol. The molecule has 1 aliphatic heterocycles. The number of halogens is 2. The molecule has 0 aromatic heterocycles. The molecule has 0 saturated heterocycles. The molecular formula is C17H17Cl2N3O2. The van der Waals surface area contributed by atoms with Crippen LogP contribution in [-0.2, 0) is 0 Å². The van der Waals surface area contributed by atoms with Crippen molar-refractivity contribution in [2.24, 2.45) is 4.99 Å². The SMILES string of the molecule is COc1cc(OC)cc(N2CCN=C2Nc2c(Cl)cccc2Cl)c1. The van der Waals surface area contributed by atoms with Crippen molar-refractivity contribution in [2.45, 2.75) is 0 Å². The van der Waals surface area contributed by atoms with Crippen molar-refractivity contribution in [3.63, 3.8) is 0 Å². The molecule has 0 amide bonds. The number of methoxy groups -OCH3 is 2. The fourth-order valence-electron chi connectivity index (χ4n) is 2.48. The molecule has 0 bridgehead atoms. The third-order valence-electron chi connectivity index (χ3n) is 3.69. The maximum absolute atomic E-state index is 6.24. The molecule has 24 heavy (non-hydrogen) atoms. The van der Waals surface area contributed by atoms with Crippen LogP contribution in [0.15, 0.2) is 41.4 Å². The number of nitrogens with one attached hydrogen (secondary N) is 1. The maximum Gasteiger partial charge on any atom is 0.203 e. The molecule has 2 aromatic carbocycles. The van der Waals surface area contributed by atoms with Crippen LogP contribution in [0.2, 0.25) is 10.0 Å². The summed E-state index contributed by atoms with van der Waals surface area (Å²) in [5, 5.41) is 4.32. The first-order chi connectivity index (χ1) is 11.6. The van der Waals surface area contributed by atoms with E-state index in [0.717, 1.165) is 12.2 Å². The van der Waals surface area contributed by atoms with E-state index in [9.17, 15) is 0 Å². The number of benzene rings is 2. The van der Waals surface area contributed by atoms with Gasteiger partial charge in [0.05, 0.1) is 42.2 Å². The zero-order chi connectivity index (χ0) is 17.1. The highest BCUT2D eigenvalue weighted by Gasteiger charge is 2.22. The van der Waals surface area contributed by atoms with Gasteiger partial charge >= 0.3 is 0 Å². The molecule has 3 rings (SSSR count). The van der Waals surface area contributed by atoms with E-state index in [0.29, 0.717) is 39.7 Å². The number of rotatable bonds is 4. The minimum atomic E-state index is 0.542. The van der Waals surface area contributed by atoms with Crippen LogP contribution in [0, 0.1) is 0 Å². The number of aliphatic imine (C=N–C) groups is 1. The Balaban J connectivity index is 1.91. The number of hydrogen-bond acceptors (Lipinski definition) is 5. The minimum absolute atomic E-state index is 0.542. The molecule has 1 N–H and O–H groups in total. The van der Waals surface area contributed by atoms with Crippen LogP contribution in [0.4, 0.5) is 11.4 Å². The summed E-state index contributed by atoms with van der Waals surface area (Å²) < 4.78 is 10.7. The van der Waals surface area contributed by atoms with Crippen molar-refractivity contribution < 1.29 is 9.47 Å². The zero-order valence-corrected chi connectivity index (χ0v) is 14.9. The van der Waals surface area contributed by atoms with Gasteiger partial charge in [0, 0.05) is 24.7 Å². The third kappa shape index (κ3) is 3.37. The Morgan fingerprint density at radius 1 is 1.04 bits per heavy atom. The topological polar surface area (TPSA) is 46.1 Å². The summed E-state index contributed by atoms with van der Waals surface area (Å²) in [5.41, 5.74) is 1.56. The second-order valence-corrected chi connectivity index (χ2v) is 5.96. The summed E-state index contributed by atoms with van der Waals surface area (Å²) in [5.74, 6) is 2.11. The fraction of sp³-hybridized carbons (Fsp3) is 0.235. The summed E-state index contributed by atoms with van der Waals surface area (Å²) in [6, 6.07) is 11.1. The largest absolute Gasteiger partial charge is 0.497 e. The lowest BCUT2D eigenvalue weighted by molar-refractivity contribution is 0.394. The molecule has 0 spiro atoms. The molecule has 0 radical (unpaired) electrons. The second-order valence-electron chi connectivity index (χ2n) is 5.15. The lowest BCUT2D eigenvalue weighted by Gasteiger charge is -2.23. The van der Waals surface area contributed by atoms with Crippen molar-refractivity contribution in [2.75, 3.05) is 37.5 Å². The number of nitrogens with zero attached hydrogens (tertiary/aromatic N) is 2. The van der Waals surface area contributed by atoms with E-state index >= 15 is 0 Å². The molecule has 126 valence electrons. The van der Waals surface area contributed by atoms with E-state index in [1.165, 1.54) is 0 Å². The normalized spacial score (nSPS) is 13.7. The molecule has 7 heteroatoms. The third-order valence-corrected chi connectivity index (χ3v) is 4.32. The minimum Gasteiger partial charge on any atom is -0.497 e. The van der Waals surface area contributed by atoms with E-state index in [-0.39, 0.29) is 0 Å². The van der Waals surface area contributed by atoms with Gasteiger partial charge in [-0.3, -0.25) is 4.99 Å². The Kier molecular flexibility index (Phi) is 5.02. The van der Waals surface area contributed by atoms with Gasteiger partial charge in [0.2, 0.25) is 5.96 Å². The van der Waals surface area contributed by atoms with Crippen LogP contribution in [0.1, 0.15) is 0 Å². The predicted molar refractivity (Wildman–Crippen MR) is 99.3 cm³/mol. The highest BCUT2D eigenvalue weighted by molar-refractivity contribution is 6.40. The van der Waals surface area contributed by atoms with Crippen LogP contribution in [0.3, 0.4) is 0 Å². The van der Waals surface area contributed by atoms with E-state index in [2.05, 4.69) is 10.3 Å². The lowest BCUT2D eigenvalue weighted by Crippen LogP contribution is -2.33. The van der Waals surface area contributed by atoms with Crippen molar-refractivity contribution in [3.8, 4) is 11.5 Å². The van der Waals surface area contributed by atoms with Gasteiger partial charge in [-0.05, 0) is 12.1 Å². The Morgan fingerprint density at radius 2 is 1.67 bits per heavy atom. The second kappa shape index (κ2) is 7.20. The summed E-state index contributed by atoms with van der Waals surface area (Å²) in [6.07, 6.45) is 0. The van der Waals surface area contributed by atoms with Gasteiger partial charge in [0.25, 0.3) is 0 Å². The quantitative estimate of drug-likeness (QED) is 0.877. The fourth-order valence-corrected chi connectivity index (χ4v) is 2.97. The summed E-state index contributed by atoms with van der Waals surface area (Å²) in [6.45, 7) is 1.41. The van der Waals surface area contributed by atoms with Gasteiger partial charge in [-0.15, -0.1) is 0 Å². The molecule has 0 fully saturated rings. The van der Waals surface area contributed by atoms with Crippen LogP contribution in [-0.4, -0.2) is 33.3 Å². The van der Waals surface area contributed by atoms with Gasteiger partial charge in [0.15, 0.2) is 0 Å². The first-order valence-electron chi connectivity index (χ1n) is 7.38. The zero-order valence-electron chi connectivity index (χ0n) is 13.3. The highest BCUT2D eigenvalue weighted by Crippen LogP contribution is 2.33. The standard InChI is InChI=1S/C17H17Cl2N3O2/c1-23-12-8-11(9-13(10-12)24-2)22-7-6-20-17(22)21-16-14(18)4-3-5-15(16)19/h3-5,8-10H,6-7H2,1-2H3,(H,20,21). The lowest BCUT2D eigenvalue weighted by atomic mass is 10.2. The van der Waals surface area contributed by atoms with Crippen molar-refractivity contribution >= 4 is 40.5 Å². The van der Waals surface area contributed by atoms with E-state index in [1.807, 2.05) is 23.1 Å². The Morgan fingerprint density at radius 3 is 2.25 bits per heavy atom. The first-order valence-corrected chi connectivity index (χ1v) is 8.14. The van der Waals surface area contributed by atoms with Gasteiger partial charge < -0.3 is 19.7 Å². The van der Waals surface area contributed by atoms with E-state index < -0.39 is 0 Å². The molecule has 0 unspecified atom stereocenters. The van der Waals surface area contributed by atoms with E-state index in [1.54, 1.807) is 32.4 Å². The Hall–Kier alpha value is -2.11. The van der Waals surface area contributed by atoms with Gasteiger partial charge in [-0.1, -0.05) is 29.3 Å². The number of anilines is 2. The number of guanidine groups is 1.